The van der Waals surface area contributed by atoms with E-state index in [2.05, 4.69) is 19.2 Å². The summed E-state index contributed by atoms with van der Waals surface area (Å²) >= 11 is 0. The average molecular weight is 306 g/mol. The molecular formula is C17H26N2O3. The average Bonchev–Trinajstić information content (AvgIpc) is 2.52. The van der Waals surface area contributed by atoms with Crippen LogP contribution in [-0.2, 0) is 6.54 Å². The number of hydrogen-bond donors (Lipinski definition) is 1. The molecule has 2 rings (SSSR count). The van der Waals surface area contributed by atoms with Crippen molar-refractivity contribution < 1.29 is 14.3 Å². The topological polar surface area (TPSA) is 50.8 Å². The van der Waals surface area contributed by atoms with Gasteiger partial charge in [0.1, 0.15) is 0 Å². The fraction of sp³-hybridized carbons (Fsp3) is 0.588. The molecule has 1 heterocycles. The number of nitrogens with one attached hydrogen (secondary N) is 1. The molecule has 0 aromatic heterocycles. The number of amides is 2. The molecule has 22 heavy (non-hydrogen) atoms. The second-order valence-electron chi connectivity index (χ2n) is 5.88. The molecule has 2 unspecified atom stereocenters. The first-order valence-corrected chi connectivity index (χ1v) is 7.84. The van der Waals surface area contributed by atoms with Crippen molar-refractivity contribution in [3.8, 4) is 11.5 Å². The molecule has 0 spiro atoms. The van der Waals surface area contributed by atoms with Gasteiger partial charge in [0.2, 0.25) is 0 Å². The molecule has 0 aliphatic carbocycles. The van der Waals surface area contributed by atoms with E-state index in [-0.39, 0.29) is 6.03 Å². The summed E-state index contributed by atoms with van der Waals surface area (Å²) in [6, 6.07) is 6.29. The third-order valence-corrected chi connectivity index (χ3v) is 4.32. The quantitative estimate of drug-likeness (QED) is 0.929. The third-order valence-electron chi connectivity index (χ3n) is 4.32. The maximum absolute atomic E-state index is 12.4. The van der Waals surface area contributed by atoms with Gasteiger partial charge in [-0.2, -0.15) is 0 Å². The molecule has 122 valence electrons. The predicted octanol–water partition coefficient (Wildman–Crippen LogP) is 3.18. The second kappa shape index (κ2) is 7.38. The van der Waals surface area contributed by atoms with E-state index in [0.717, 1.165) is 18.4 Å². The van der Waals surface area contributed by atoms with E-state index in [4.69, 9.17) is 9.47 Å². The number of benzene rings is 1. The Morgan fingerprint density at radius 2 is 1.82 bits per heavy atom. The smallest absolute Gasteiger partial charge is 0.318 e. The van der Waals surface area contributed by atoms with Gasteiger partial charge in [-0.25, -0.2) is 4.79 Å². The molecule has 1 aromatic rings. The summed E-state index contributed by atoms with van der Waals surface area (Å²) in [5, 5.41) is 3.01. The highest BCUT2D eigenvalue weighted by molar-refractivity contribution is 5.75. The van der Waals surface area contributed by atoms with E-state index in [0.29, 0.717) is 30.1 Å². The van der Waals surface area contributed by atoms with Gasteiger partial charge in [-0.05, 0) is 50.8 Å². The van der Waals surface area contributed by atoms with Crippen LogP contribution in [0.3, 0.4) is 0 Å². The van der Waals surface area contributed by atoms with Crippen LogP contribution in [0.5, 0.6) is 11.5 Å². The van der Waals surface area contributed by atoms with Crippen LogP contribution in [0.25, 0.3) is 0 Å². The van der Waals surface area contributed by atoms with Crippen LogP contribution in [0, 0.1) is 0 Å². The molecule has 1 fully saturated rings. The fourth-order valence-electron chi connectivity index (χ4n) is 3.08. The number of methoxy groups -OCH3 is 2. The summed E-state index contributed by atoms with van der Waals surface area (Å²) in [6.45, 7) is 4.71. The first kappa shape index (κ1) is 16.5. The van der Waals surface area contributed by atoms with Crippen molar-refractivity contribution in [3.63, 3.8) is 0 Å². The molecule has 1 aliphatic heterocycles. The van der Waals surface area contributed by atoms with Crippen molar-refractivity contribution >= 4 is 6.03 Å². The minimum absolute atomic E-state index is 0.00878. The number of rotatable bonds is 4. The number of nitrogens with zero attached hydrogens (tertiary/aromatic N) is 1. The van der Waals surface area contributed by atoms with E-state index >= 15 is 0 Å². The van der Waals surface area contributed by atoms with Crippen molar-refractivity contribution in [2.45, 2.75) is 51.7 Å². The summed E-state index contributed by atoms with van der Waals surface area (Å²) in [4.78, 5) is 14.4. The summed E-state index contributed by atoms with van der Waals surface area (Å²) < 4.78 is 10.5. The highest BCUT2D eigenvalue weighted by atomic mass is 16.5. The third kappa shape index (κ3) is 3.64. The van der Waals surface area contributed by atoms with Crippen molar-refractivity contribution in [1.29, 1.82) is 0 Å². The van der Waals surface area contributed by atoms with E-state index in [9.17, 15) is 4.79 Å². The molecule has 2 amide bonds. The summed E-state index contributed by atoms with van der Waals surface area (Å²) in [5.74, 6) is 1.37. The largest absolute Gasteiger partial charge is 0.493 e. The van der Waals surface area contributed by atoms with Gasteiger partial charge in [-0.15, -0.1) is 0 Å². The zero-order valence-electron chi connectivity index (χ0n) is 13.9. The molecular weight excluding hydrogens is 280 g/mol. The molecule has 0 radical (unpaired) electrons. The van der Waals surface area contributed by atoms with Crippen LogP contribution in [0.1, 0.15) is 38.7 Å². The zero-order chi connectivity index (χ0) is 16.1. The maximum atomic E-state index is 12.4. The molecule has 0 bridgehead atoms. The summed E-state index contributed by atoms with van der Waals surface area (Å²) in [6.07, 6.45) is 3.35. The lowest BCUT2D eigenvalue weighted by Crippen LogP contribution is -2.51. The van der Waals surface area contributed by atoms with Gasteiger partial charge in [-0.3, -0.25) is 0 Å². The number of carbonyl (C=O) groups is 1. The Kier molecular flexibility index (Phi) is 5.52. The van der Waals surface area contributed by atoms with Gasteiger partial charge < -0.3 is 19.7 Å². The number of ether oxygens (including phenoxy) is 2. The first-order valence-electron chi connectivity index (χ1n) is 7.84. The Balaban J connectivity index is 1.98. The fourth-order valence-corrected chi connectivity index (χ4v) is 3.08. The highest BCUT2D eigenvalue weighted by Gasteiger charge is 2.28. The lowest BCUT2D eigenvalue weighted by molar-refractivity contribution is 0.123. The molecule has 2 atom stereocenters. The minimum Gasteiger partial charge on any atom is -0.493 e. The van der Waals surface area contributed by atoms with Gasteiger partial charge in [0.05, 0.1) is 14.2 Å². The second-order valence-corrected chi connectivity index (χ2v) is 5.88. The highest BCUT2D eigenvalue weighted by Crippen LogP contribution is 2.27. The van der Waals surface area contributed by atoms with Crippen LogP contribution in [-0.4, -0.2) is 37.2 Å². The zero-order valence-corrected chi connectivity index (χ0v) is 13.9. The number of piperidine rings is 1. The Morgan fingerprint density at radius 1 is 1.18 bits per heavy atom. The van der Waals surface area contributed by atoms with Crippen molar-refractivity contribution in [1.82, 2.24) is 10.2 Å². The van der Waals surface area contributed by atoms with Gasteiger partial charge in [0, 0.05) is 18.6 Å². The molecule has 1 saturated heterocycles. The van der Waals surface area contributed by atoms with E-state index < -0.39 is 0 Å². The van der Waals surface area contributed by atoms with Crippen LogP contribution >= 0.6 is 0 Å². The normalized spacial score (nSPS) is 21.4. The van der Waals surface area contributed by atoms with Gasteiger partial charge in [0.15, 0.2) is 11.5 Å². The summed E-state index contributed by atoms with van der Waals surface area (Å²) in [7, 11) is 3.22. The lowest BCUT2D eigenvalue weighted by Gasteiger charge is -2.38. The van der Waals surface area contributed by atoms with Crippen LogP contribution in [0.4, 0.5) is 4.79 Å². The number of likely N-dealkylation sites (tertiary alicyclic amines) is 1. The molecule has 1 aliphatic rings. The molecule has 5 heteroatoms. The van der Waals surface area contributed by atoms with E-state index in [1.165, 1.54) is 6.42 Å². The number of urea groups is 1. The monoisotopic (exact) mass is 306 g/mol. The maximum Gasteiger partial charge on any atom is 0.318 e. The number of hydrogen-bond acceptors (Lipinski definition) is 3. The molecule has 5 nitrogen and oxygen atoms in total. The van der Waals surface area contributed by atoms with Crippen molar-refractivity contribution in [2.75, 3.05) is 14.2 Å². The Labute approximate surface area is 132 Å². The molecule has 1 aromatic carbocycles. The standard InChI is InChI=1S/C17H26N2O3/c1-12-6-5-7-13(2)19(12)17(20)18-11-14-8-9-15(21-3)16(10-14)22-4/h8-10,12-13H,5-7,11H2,1-4H3,(H,18,20). The van der Waals surface area contributed by atoms with Crippen LogP contribution < -0.4 is 14.8 Å². The Morgan fingerprint density at radius 3 is 2.41 bits per heavy atom. The van der Waals surface area contributed by atoms with Gasteiger partial charge in [0.25, 0.3) is 0 Å². The van der Waals surface area contributed by atoms with Crippen LogP contribution in [0.2, 0.25) is 0 Å². The predicted molar refractivity (Wildman–Crippen MR) is 86.4 cm³/mol. The molecule has 0 saturated carbocycles. The van der Waals surface area contributed by atoms with Crippen molar-refractivity contribution in [2.24, 2.45) is 0 Å². The lowest BCUT2D eigenvalue weighted by atomic mass is 9.98. The van der Waals surface area contributed by atoms with Gasteiger partial charge in [-0.1, -0.05) is 6.07 Å². The molecule has 1 N–H and O–H groups in total. The first-order chi connectivity index (χ1) is 10.6. The number of carbonyl (C=O) groups excluding carboxylic acids is 1. The van der Waals surface area contributed by atoms with E-state index in [1.807, 2.05) is 23.1 Å². The Hall–Kier alpha value is -1.91. The Bertz CT molecular complexity index is 509. The van der Waals surface area contributed by atoms with Crippen molar-refractivity contribution in [3.05, 3.63) is 23.8 Å². The van der Waals surface area contributed by atoms with E-state index in [1.54, 1.807) is 14.2 Å². The SMILES string of the molecule is COc1ccc(CNC(=O)N2C(C)CCCC2C)cc1OC. The summed E-state index contributed by atoms with van der Waals surface area (Å²) in [5.41, 5.74) is 0.989. The van der Waals surface area contributed by atoms with Crippen LogP contribution in [0.15, 0.2) is 18.2 Å². The minimum atomic E-state index is 0.00878. The van der Waals surface area contributed by atoms with Gasteiger partial charge >= 0.3 is 6.03 Å².